The predicted octanol–water partition coefficient (Wildman–Crippen LogP) is 2.26. The van der Waals surface area contributed by atoms with E-state index in [9.17, 15) is 14.4 Å². The van der Waals surface area contributed by atoms with Gasteiger partial charge in [0.15, 0.2) is 0 Å². The van der Waals surface area contributed by atoms with E-state index in [1.54, 1.807) is 0 Å². The van der Waals surface area contributed by atoms with E-state index in [1.807, 2.05) is 24.3 Å². The van der Waals surface area contributed by atoms with Crippen LogP contribution in [0.15, 0.2) is 24.3 Å². The molecule has 2 aliphatic heterocycles. The molecule has 1 aliphatic carbocycles. The Morgan fingerprint density at radius 1 is 1.06 bits per heavy atom. The van der Waals surface area contributed by atoms with Crippen LogP contribution >= 0.6 is 0 Å². The van der Waals surface area contributed by atoms with Crippen LogP contribution in [0.1, 0.15) is 45.1 Å². The fourth-order valence-electron chi connectivity index (χ4n) is 4.97. The number of nitrogens with zero attached hydrogens (tertiary/aromatic N) is 3. The number of benzene rings is 1. The Morgan fingerprint density at radius 3 is 2.31 bits per heavy atom. The molecule has 2 heterocycles. The third-order valence-electron chi connectivity index (χ3n) is 7.23. The number of carbonyl (C=O) groups excluding carboxylic acids is 3. The van der Waals surface area contributed by atoms with Crippen LogP contribution in [0.25, 0.3) is 0 Å². The summed E-state index contributed by atoms with van der Waals surface area (Å²) in [5.74, 6) is -0.0622. The fraction of sp³-hybridized carbons (Fsp3) is 0.625. The summed E-state index contributed by atoms with van der Waals surface area (Å²) < 4.78 is 0. The second-order valence-corrected chi connectivity index (χ2v) is 9.54. The number of amides is 4. The molecule has 174 valence electrons. The molecule has 0 unspecified atom stereocenters. The smallest absolute Gasteiger partial charge is 0.325 e. The maximum Gasteiger partial charge on any atom is 0.325 e. The maximum atomic E-state index is 12.9. The molecule has 1 saturated carbocycles. The second-order valence-electron chi connectivity index (χ2n) is 9.54. The van der Waals surface area contributed by atoms with Gasteiger partial charge in [-0.1, -0.05) is 26.0 Å². The van der Waals surface area contributed by atoms with Crippen LogP contribution in [0, 0.1) is 5.92 Å². The third kappa shape index (κ3) is 4.96. The minimum absolute atomic E-state index is 0.259. The highest BCUT2D eigenvalue weighted by Crippen LogP contribution is 2.36. The Kier molecular flexibility index (Phi) is 6.81. The van der Waals surface area contributed by atoms with Crippen LogP contribution in [0.3, 0.4) is 0 Å². The lowest BCUT2D eigenvalue weighted by atomic mass is 9.77. The van der Waals surface area contributed by atoms with Gasteiger partial charge in [-0.3, -0.25) is 19.4 Å². The number of piperazine rings is 1. The lowest BCUT2D eigenvalue weighted by Crippen LogP contribution is -2.49. The molecule has 0 bridgehead atoms. The molecule has 2 saturated heterocycles. The van der Waals surface area contributed by atoms with Gasteiger partial charge in [-0.05, 0) is 55.8 Å². The van der Waals surface area contributed by atoms with Gasteiger partial charge in [0.2, 0.25) is 5.91 Å². The Bertz CT molecular complexity index is 840. The molecule has 1 spiro atoms. The summed E-state index contributed by atoms with van der Waals surface area (Å²) in [7, 11) is 0. The molecular weight excluding hydrogens is 406 g/mol. The summed E-state index contributed by atoms with van der Waals surface area (Å²) in [5.41, 5.74) is 1.06. The van der Waals surface area contributed by atoms with Gasteiger partial charge in [0.05, 0.1) is 0 Å². The van der Waals surface area contributed by atoms with Gasteiger partial charge in [0.1, 0.15) is 12.1 Å². The van der Waals surface area contributed by atoms with Crippen LogP contribution in [-0.2, 0) is 16.1 Å². The van der Waals surface area contributed by atoms with Gasteiger partial charge in [0, 0.05) is 38.4 Å². The van der Waals surface area contributed by atoms with Crippen LogP contribution in [0.2, 0.25) is 0 Å². The van der Waals surface area contributed by atoms with Gasteiger partial charge >= 0.3 is 6.03 Å². The monoisotopic (exact) mass is 441 g/mol. The minimum Gasteiger partial charge on any atom is -0.325 e. The zero-order chi connectivity index (χ0) is 22.7. The van der Waals surface area contributed by atoms with Gasteiger partial charge in [-0.25, -0.2) is 4.79 Å². The van der Waals surface area contributed by atoms with Crippen molar-refractivity contribution in [3.63, 3.8) is 0 Å². The highest BCUT2D eigenvalue weighted by molar-refractivity contribution is 6.10. The van der Waals surface area contributed by atoms with E-state index in [4.69, 9.17) is 0 Å². The molecule has 3 aliphatic rings. The van der Waals surface area contributed by atoms with Crippen LogP contribution in [0.4, 0.5) is 10.5 Å². The zero-order valence-electron chi connectivity index (χ0n) is 19.2. The molecule has 1 aromatic carbocycles. The van der Waals surface area contributed by atoms with Crippen molar-refractivity contribution in [2.75, 3.05) is 44.6 Å². The molecule has 0 aromatic heterocycles. The average molecular weight is 442 g/mol. The SMILES string of the molecule is CCN1CCN(Cc2ccc(NC(=O)CN3C(=O)NC4(CCC(C)CC4)C3=O)cc2)CC1. The zero-order valence-corrected chi connectivity index (χ0v) is 19.2. The van der Waals surface area contributed by atoms with E-state index in [2.05, 4.69) is 34.3 Å². The highest BCUT2D eigenvalue weighted by atomic mass is 16.2. The highest BCUT2D eigenvalue weighted by Gasteiger charge is 2.52. The quantitative estimate of drug-likeness (QED) is 0.662. The summed E-state index contributed by atoms with van der Waals surface area (Å²) in [4.78, 5) is 43.8. The van der Waals surface area contributed by atoms with Crippen molar-refractivity contribution in [3.05, 3.63) is 29.8 Å². The van der Waals surface area contributed by atoms with Crippen molar-refractivity contribution in [3.8, 4) is 0 Å². The number of rotatable bonds is 6. The van der Waals surface area contributed by atoms with Crippen LogP contribution in [-0.4, -0.2) is 77.4 Å². The molecule has 4 amide bonds. The second kappa shape index (κ2) is 9.58. The van der Waals surface area contributed by atoms with Crippen molar-refractivity contribution in [2.24, 2.45) is 5.92 Å². The molecule has 3 fully saturated rings. The van der Waals surface area contributed by atoms with Crippen molar-refractivity contribution >= 4 is 23.5 Å². The largest absolute Gasteiger partial charge is 0.325 e. The Morgan fingerprint density at radius 2 is 1.69 bits per heavy atom. The van der Waals surface area contributed by atoms with Crippen molar-refractivity contribution in [2.45, 2.75) is 51.6 Å². The normalized spacial score (nSPS) is 27.1. The molecule has 0 atom stereocenters. The van der Waals surface area contributed by atoms with Crippen molar-refractivity contribution in [1.29, 1.82) is 0 Å². The number of anilines is 1. The first-order valence-electron chi connectivity index (χ1n) is 11.9. The molecule has 1 aromatic rings. The standard InChI is InChI=1S/C24H35N5O3/c1-3-27-12-14-28(15-13-27)16-19-4-6-20(7-5-19)25-21(30)17-29-22(31)24(26-23(29)32)10-8-18(2)9-11-24/h4-7,18H,3,8-17H2,1-2H3,(H,25,30)(H,26,32). The lowest BCUT2D eigenvalue weighted by molar-refractivity contribution is -0.135. The van der Waals surface area contributed by atoms with Gasteiger partial charge in [-0.15, -0.1) is 0 Å². The topological polar surface area (TPSA) is 85.0 Å². The van der Waals surface area contributed by atoms with Crippen molar-refractivity contribution < 1.29 is 14.4 Å². The number of hydrogen-bond donors (Lipinski definition) is 2. The third-order valence-corrected chi connectivity index (χ3v) is 7.23. The summed E-state index contributed by atoms with van der Waals surface area (Å²) in [6.45, 7) is 10.5. The van der Waals surface area contributed by atoms with E-state index in [1.165, 1.54) is 5.56 Å². The number of imide groups is 1. The molecule has 0 radical (unpaired) electrons. The number of urea groups is 1. The van der Waals surface area contributed by atoms with Crippen LogP contribution < -0.4 is 10.6 Å². The van der Waals surface area contributed by atoms with E-state index >= 15 is 0 Å². The maximum absolute atomic E-state index is 12.9. The first-order valence-corrected chi connectivity index (χ1v) is 11.9. The number of hydrogen-bond acceptors (Lipinski definition) is 5. The van der Waals surface area contributed by atoms with E-state index in [0.29, 0.717) is 24.4 Å². The first kappa shape index (κ1) is 22.7. The van der Waals surface area contributed by atoms with E-state index in [-0.39, 0.29) is 18.4 Å². The minimum atomic E-state index is -0.811. The average Bonchev–Trinajstić information content (AvgIpc) is 3.02. The molecule has 32 heavy (non-hydrogen) atoms. The molecule has 4 rings (SSSR count). The summed E-state index contributed by atoms with van der Waals surface area (Å²) in [5, 5.41) is 5.68. The molecule has 8 heteroatoms. The van der Waals surface area contributed by atoms with E-state index in [0.717, 1.165) is 57.0 Å². The number of likely N-dealkylation sites (N-methyl/N-ethyl adjacent to an activating group) is 1. The number of carbonyl (C=O) groups is 3. The van der Waals surface area contributed by atoms with Gasteiger partial charge < -0.3 is 15.5 Å². The summed E-state index contributed by atoms with van der Waals surface area (Å²) >= 11 is 0. The van der Waals surface area contributed by atoms with Crippen LogP contribution in [0.5, 0.6) is 0 Å². The van der Waals surface area contributed by atoms with E-state index < -0.39 is 11.6 Å². The fourth-order valence-corrected chi connectivity index (χ4v) is 4.97. The molecule has 2 N–H and O–H groups in total. The summed E-state index contributed by atoms with van der Waals surface area (Å²) in [6.07, 6.45) is 3.11. The predicted molar refractivity (Wildman–Crippen MR) is 123 cm³/mol. The number of nitrogens with one attached hydrogen (secondary N) is 2. The molecule has 8 nitrogen and oxygen atoms in total. The summed E-state index contributed by atoms with van der Waals surface area (Å²) in [6, 6.07) is 7.34. The Labute approximate surface area is 190 Å². The van der Waals surface area contributed by atoms with Gasteiger partial charge in [0.25, 0.3) is 5.91 Å². The van der Waals surface area contributed by atoms with Gasteiger partial charge in [-0.2, -0.15) is 0 Å². The first-order chi connectivity index (χ1) is 15.4. The molecular formula is C24H35N5O3. The Balaban J connectivity index is 1.28. The lowest BCUT2D eigenvalue weighted by Gasteiger charge is -2.34. The van der Waals surface area contributed by atoms with Crippen molar-refractivity contribution in [1.82, 2.24) is 20.0 Å². The Hall–Kier alpha value is -2.45.